The van der Waals surface area contributed by atoms with Gasteiger partial charge in [0.15, 0.2) is 5.69 Å². The minimum absolute atomic E-state index is 0.0595. The first-order valence-electron chi connectivity index (χ1n) is 5.70. The molecule has 0 fully saturated rings. The minimum Gasteiger partial charge on any atom is -0.489 e. The largest absolute Gasteiger partial charge is 0.489 e. The normalized spacial score (nSPS) is 11.2. The first-order valence-corrected chi connectivity index (χ1v) is 5.70. The maximum atomic E-state index is 12.7. The van der Waals surface area contributed by atoms with E-state index in [1.165, 1.54) is 31.4 Å². The number of hydrogen-bond acceptors (Lipinski definition) is 4. The Bertz CT molecular complexity index is 687. The molecule has 0 aliphatic carbocycles. The summed E-state index contributed by atoms with van der Waals surface area (Å²) in [5.41, 5.74) is -0.649. The lowest BCUT2D eigenvalue weighted by Crippen LogP contribution is -2.04. The van der Waals surface area contributed by atoms with E-state index in [1.54, 1.807) is 0 Å². The van der Waals surface area contributed by atoms with Crippen LogP contribution in [0.4, 0.5) is 19.0 Å². The molecule has 0 unspecified atom stereocenters. The molecular formula is C13H9F3N2O3. The van der Waals surface area contributed by atoms with Gasteiger partial charge in [-0.05, 0) is 34.2 Å². The van der Waals surface area contributed by atoms with Crippen LogP contribution < -0.4 is 4.74 Å². The Morgan fingerprint density at radius 1 is 1.24 bits per heavy atom. The van der Waals surface area contributed by atoms with E-state index in [0.717, 1.165) is 12.1 Å². The molecule has 0 bridgehead atoms. The Balaban J connectivity index is 2.52. The lowest BCUT2D eigenvalue weighted by atomic mass is 10.1. The predicted molar refractivity (Wildman–Crippen MR) is 67.9 cm³/mol. The van der Waals surface area contributed by atoms with Crippen molar-refractivity contribution in [2.45, 2.75) is 6.18 Å². The highest BCUT2D eigenvalue weighted by Crippen LogP contribution is 2.33. The Hall–Kier alpha value is -2.64. The van der Waals surface area contributed by atoms with E-state index >= 15 is 0 Å². The van der Waals surface area contributed by atoms with Gasteiger partial charge in [-0.15, -0.1) is 0 Å². The van der Waals surface area contributed by atoms with Crippen LogP contribution in [0.3, 0.4) is 0 Å². The quantitative estimate of drug-likeness (QED) is 0.640. The third-order valence-corrected chi connectivity index (χ3v) is 2.72. The third-order valence-electron chi connectivity index (χ3n) is 2.72. The average molecular weight is 298 g/mol. The van der Waals surface area contributed by atoms with Crippen LogP contribution in [0.2, 0.25) is 0 Å². The number of rotatable bonds is 3. The van der Waals surface area contributed by atoms with Crippen molar-refractivity contribution in [1.29, 1.82) is 0 Å². The molecule has 0 aliphatic rings. The van der Waals surface area contributed by atoms with Crippen molar-refractivity contribution in [2.75, 3.05) is 7.11 Å². The summed E-state index contributed by atoms with van der Waals surface area (Å²) in [6.07, 6.45) is -4.49. The molecule has 0 saturated heterocycles. The van der Waals surface area contributed by atoms with Crippen LogP contribution in [-0.2, 0) is 6.18 Å². The van der Waals surface area contributed by atoms with Gasteiger partial charge in [-0.3, -0.25) is 0 Å². The summed E-state index contributed by atoms with van der Waals surface area (Å²) in [6.45, 7) is 0. The minimum atomic E-state index is -4.49. The Morgan fingerprint density at radius 3 is 2.52 bits per heavy atom. The zero-order valence-corrected chi connectivity index (χ0v) is 10.7. The lowest BCUT2D eigenvalue weighted by Gasteiger charge is -2.07. The molecule has 0 atom stereocenters. The van der Waals surface area contributed by atoms with Crippen LogP contribution in [0.25, 0.3) is 11.3 Å². The van der Waals surface area contributed by atoms with Gasteiger partial charge >= 0.3 is 12.0 Å². The molecule has 2 aromatic rings. The molecule has 21 heavy (non-hydrogen) atoms. The summed E-state index contributed by atoms with van der Waals surface area (Å²) in [4.78, 5) is 13.9. The van der Waals surface area contributed by atoms with E-state index < -0.39 is 22.5 Å². The van der Waals surface area contributed by atoms with Crippen molar-refractivity contribution >= 4 is 5.82 Å². The maximum absolute atomic E-state index is 12.7. The Labute approximate surface area is 117 Å². The number of nitro groups is 1. The van der Waals surface area contributed by atoms with Crippen molar-refractivity contribution in [3.63, 3.8) is 0 Å². The first kappa shape index (κ1) is 14.8. The van der Waals surface area contributed by atoms with Crippen molar-refractivity contribution < 1.29 is 22.8 Å². The second-order valence-corrected chi connectivity index (χ2v) is 4.06. The molecule has 1 aromatic carbocycles. The zero-order chi connectivity index (χ0) is 15.6. The fourth-order valence-corrected chi connectivity index (χ4v) is 1.74. The van der Waals surface area contributed by atoms with Gasteiger partial charge in [-0.25, -0.2) is 0 Å². The van der Waals surface area contributed by atoms with E-state index in [9.17, 15) is 23.3 Å². The second-order valence-electron chi connectivity index (χ2n) is 4.06. The molecule has 0 saturated carbocycles. The number of ether oxygens (including phenoxy) is 1. The predicted octanol–water partition coefficient (Wildman–Crippen LogP) is 3.68. The number of halogens is 3. The molecule has 8 heteroatoms. The van der Waals surface area contributed by atoms with Gasteiger partial charge in [0, 0.05) is 5.56 Å². The zero-order valence-electron chi connectivity index (χ0n) is 10.7. The van der Waals surface area contributed by atoms with Gasteiger partial charge in [-0.1, -0.05) is 12.1 Å². The summed E-state index contributed by atoms with van der Waals surface area (Å²) < 4.78 is 42.8. The number of nitrogens with zero attached hydrogens (tertiary/aromatic N) is 2. The molecule has 1 heterocycles. The number of pyridine rings is 1. The standard InChI is InChI=1S/C13H9F3N2O3/c1-21-11-6-5-10(17-12(11)18(19)20)8-3-2-4-9(7-8)13(14,15)16/h2-7H,1H3. The molecular weight excluding hydrogens is 289 g/mol. The summed E-state index contributed by atoms with van der Waals surface area (Å²) in [5.74, 6) is -0.608. The highest BCUT2D eigenvalue weighted by molar-refractivity contribution is 5.63. The molecule has 0 amide bonds. The van der Waals surface area contributed by atoms with Gasteiger partial charge in [0.1, 0.15) is 0 Å². The van der Waals surface area contributed by atoms with Crippen LogP contribution in [0.1, 0.15) is 5.56 Å². The van der Waals surface area contributed by atoms with E-state index in [-0.39, 0.29) is 17.0 Å². The number of benzene rings is 1. The highest BCUT2D eigenvalue weighted by Gasteiger charge is 2.31. The molecule has 5 nitrogen and oxygen atoms in total. The summed E-state index contributed by atoms with van der Waals surface area (Å²) >= 11 is 0. The number of alkyl halides is 3. The van der Waals surface area contributed by atoms with E-state index in [2.05, 4.69) is 4.98 Å². The van der Waals surface area contributed by atoms with Gasteiger partial charge < -0.3 is 14.9 Å². The summed E-state index contributed by atoms with van der Waals surface area (Å²) in [6, 6.07) is 7.08. The van der Waals surface area contributed by atoms with Crippen molar-refractivity contribution in [1.82, 2.24) is 4.98 Å². The van der Waals surface area contributed by atoms with Crippen molar-refractivity contribution in [3.8, 4) is 17.0 Å². The van der Waals surface area contributed by atoms with Crippen molar-refractivity contribution in [2.24, 2.45) is 0 Å². The maximum Gasteiger partial charge on any atom is 0.416 e. The van der Waals surface area contributed by atoms with Crippen LogP contribution in [-0.4, -0.2) is 17.0 Å². The SMILES string of the molecule is COc1ccc(-c2cccc(C(F)(F)F)c2)nc1[N+](=O)[O-]. The average Bonchev–Trinajstić information content (AvgIpc) is 2.45. The topological polar surface area (TPSA) is 65.3 Å². The van der Waals surface area contributed by atoms with Gasteiger partial charge in [-0.2, -0.15) is 13.2 Å². The van der Waals surface area contributed by atoms with E-state index in [1.807, 2.05) is 0 Å². The van der Waals surface area contributed by atoms with Gasteiger partial charge in [0.2, 0.25) is 5.75 Å². The Morgan fingerprint density at radius 2 is 1.95 bits per heavy atom. The van der Waals surface area contributed by atoms with Crippen LogP contribution in [0.15, 0.2) is 36.4 Å². The van der Waals surface area contributed by atoms with Crippen molar-refractivity contribution in [3.05, 3.63) is 52.1 Å². The monoisotopic (exact) mass is 298 g/mol. The summed E-state index contributed by atoms with van der Waals surface area (Å²) in [5, 5.41) is 10.9. The lowest BCUT2D eigenvalue weighted by molar-refractivity contribution is -0.390. The Kier molecular flexibility index (Phi) is 3.79. The molecule has 1 aromatic heterocycles. The number of aromatic nitrogens is 1. The van der Waals surface area contributed by atoms with Crippen LogP contribution in [0.5, 0.6) is 5.75 Å². The molecule has 0 radical (unpaired) electrons. The van der Waals surface area contributed by atoms with Gasteiger partial charge in [0.05, 0.1) is 12.7 Å². The molecule has 0 N–H and O–H groups in total. The smallest absolute Gasteiger partial charge is 0.416 e. The number of hydrogen-bond donors (Lipinski definition) is 0. The molecule has 0 aliphatic heterocycles. The molecule has 110 valence electrons. The molecule has 2 rings (SSSR count). The van der Waals surface area contributed by atoms with Gasteiger partial charge in [0.25, 0.3) is 0 Å². The fourth-order valence-electron chi connectivity index (χ4n) is 1.74. The third kappa shape index (κ3) is 3.10. The van der Waals surface area contributed by atoms with E-state index in [4.69, 9.17) is 4.74 Å². The second kappa shape index (κ2) is 5.39. The van der Waals surface area contributed by atoms with Crippen LogP contribution in [0, 0.1) is 10.1 Å². The van der Waals surface area contributed by atoms with Crippen LogP contribution >= 0.6 is 0 Å². The summed E-state index contributed by atoms with van der Waals surface area (Å²) in [7, 11) is 1.24. The van der Waals surface area contributed by atoms with E-state index in [0.29, 0.717) is 0 Å². The fraction of sp³-hybridized carbons (Fsp3) is 0.154. The molecule has 0 spiro atoms. The highest BCUT2D eigenvalue weighted by atomic mass is 19.4. The number of methoxy groups -OCH3 is 1. The first-order chi connectivity index (χ1) is 9.82.